The van der Waals surface area contributed by atoms with Crippen LogP contribution in [-0.2, 0) is 12.3 Å². The SMILES string of the molecule is NCc1nnc(SCc2nnc(-c3ccccc3)o2)o1. The molecule has 0 unspecified atom stereocenters. The Bertz CT molecular complexity index is 682. The van der Waals surface area contributed by atoms with Gasteiger partial charge in [0.05, 0.1) is 12.3 Å². The molecule has 3 aromatic rings. The van der Waals surface area contributed by atoms with Crippen LogP contribution in [0.1, 0.15) is 11.8 Å². The molecule has 0 saturated heterocycles. The molecule has 2 heterocycles. The lowest BCUT2D eigenvalue weighted by atomic mass is 10.2. The van der Waals surface area contributed by atoms with Crippen LogP contribution in [0.4, 0.5) is 0 Å². The Morgan fingerprint density at radius 3 is 2.50 bits per heavy atom. The predicted octanol–water partition coefficient (Wildman–Crippen LogP) is 1.87. The van der Waals surface area contributed by atoms with E-state index < -0.39 is 0 Å². The minimum absolute atomic E-state index is 0.228. The Kier molecular flexibility index (Phi) is 3.75. The lowest BCUT2D eigenvalue weighted by Gasteiger charge is -1.92. The van der Waals surface area contributed by atoms with Gasteiger partial charge in [-0.25, -0.2) is 0 Å². The number of benzene rings is 1. The maximum Gasteiger partial charge on any atom is 0.277 e. The fourth-order valence-corrected chi connectivity index (χ4v) is 2.13. The first-order valence-corrected chi connectivity index (χ1v) is 6.87. The fourth-order valence-electron chi connectivity index (χ4n) is 1.51. The van der Waals surface area contributed by atoms with E-state index in [1.807, 2.05) is 30.3 Å². The van der Waals surface area contributed by atoms with Gasteiger partial charge in [0.15, 0.2) is 0 Å². The molecule has 0 amide bonds. The summed E-state index contributed by atoms with van der Waals surface area (Å²) in [4.78, 5) is 0. The molecular weight excluding hydrogens is 278 g/mol. The Morgan fingerprint density at radius 2 is 1.75 bits per heavy atom. The fraction of sp³-hybridized carbons (Fsp3) is 0.167. The lowest BCUT2D eigenvalue weighted by molar-refractivity contribution is 0.414. The maximum absolute atomic E-state index is 5.57. The minimum atomic E-state index is 0.228. The summed E-state index contributed by atoms with van der Waals surface area (Å²) >= 11 is 1.33. The van der Waals surface area contributed by atoms with E-state index in [4.69, 9.17) is 14.6 Å². The summed E-state index contributed by atoms with van der Waals surface area (Å²) in [5.41, 5.74) is 6.28. The third-order valence-electron chi connectivity index (χ3n) is 2.43. The second-order valence-electron chi connectivity index (χ2n) is 3.82. The smallest absolute Gasteiger partial charge is 0.277 e. The molecule has 1 aromatic carbocycles. The summed E-state index contributed by atoms with van der Waals surface area (Å²) in [6.45, 7) is 0.228. The van der Waals surface area contributed by atoms with Gasteiger partial charge in [-0.3, -0.25) is 0 Å². The van der Waals surface area contributed by atoms with Gasteiger partial charge in [-0.1, -0.05) is 30.0 Å². The van der Waals surface area contributed by atoms with Gasteiger partial charge in [0.25, 0.3) is 5.22 Å². The molecule has 0 aliphatic carbocycles. The van der Waals surface area contributed by atoms with Gasteiger partial charge in [-0.2, -0.15) is 0 Å². The Morgan fingerprint density at radius 1 is 0.950 bits per heavy atom. The summed E-state index contributed by atoms with van der Waals surface area (Å²) in [6, 6.07) is 9.59. The molecule has 0 radical (unpaired) electrons. The normalized spacial score (nSPS) is 10.8. The van der Waals surface area contributed by atoms with Gasteiger partial charge >= 0.3 is 0 Å². The standard InChI is InChI=1S/C12H11N5O2S/c13-6-9-14-17-12(19-9)20-7-10-15-16-11(18-10)8-4-2-1-3-5-8/h1-5H,6-7,13H2. The van der Waals surface area contributed by atoms with Crippen molar-refractivity contribution in [2.24, 2.45) is 5.73 Å². The summed E-state index contributed by atoms with van der Waals surface area (Å²) in [7, 11) is 0. The number of nitrogens with zero attached hydrogens (tertiary/aromatic N) is 4. The zero-order valence-electron chi connectivity index (χ0n) is 10.4. The minimum Gasteiger partial charge on any atom is -0.420 e. The Balaban J connectivity index is 1.65. The van der Waals surface area contributed by atoms with Crippen molar-refractivity contribution >= 4 is 11.8 Å². The van der Waals surface area contributed by atoms with Crippen LogP contribution in [-0.4, -0.2) is 20.4 Å². The van der Waals surface area contributed by atoms with Gasteiger partial charge in [0, 0.05) is 5.56 Å². The zero-order chi connectivity index (χ0) is 13.8. The van der Waals surface area contributed by atoms with E-state index in [9.17, 15) is 0 Å². The van der Waals surface area contributed by atoms with Crippen LogP contribution in [0.5, 0.6) is 0 Å². The third kappa shape index (κ3) is 2.86. The van der Waals surface area contributed by atoms with Crippen LogP contribution < -0.4 is 5.73 Å². The van der Waals surface area contributed by atoms with Crippen molar-refractivity contribution in [2.75, 3.05) is 0 Å². The van der Waals surface area contributed by atoms with Gasteiger partial charge in [0.2, 0.25) is 17.7 Å². The molecule has 0 atom stereocenters. The quantitative estimate of drug-likeness (QED) is 0.710. The first-order valence-electron chi connectivity index (χ1n) is 5.88. The molecule has 0 aliphatic rings. The molecule has 0 fully saturated rings. The van der Waals surface area contributed by atoms with Crippen LogP contribution in [0.3, 0.4) is 0 Å². The van der Waals surface area contributed by atoms with E-state index in [0.29, 0.717) is 28.6 Å². The monoisotopic (exact) mass is 289 g/mol. The second kappa shape index (κ2) is 5.85. The summed E-state index contributed by atoms with van der Waals surface area (Å²) in [5, 5.41) is 16.0. The zero-order valence-corrected chi connectivity index (χ0v) is 11.2. The molecular formula is C12H11N5O2S. The molecule has 2 N–H and O–H groups in total. The van der Waals surface area contributed by atoms with E-state index in [1.165, 1.54) is 11.8 Å². The predicted molar refractivity (Wildman–Crippen MR) is 71.5 cm³/mol. The Labute approximate surface area is 118 Å². The van der Waals surface area contributed by atoms with Gasteiger partial charge in [-0.05, 0) is 12.1 Å². The summed E-state index contributed by atoms with van der Waals surface area (Å²) in [6.07, 6.45) is 0. The first-order chi connectivity index (χ1) is 9.85. The highest BCUT2D eigenvalue weighted by Crippen LogP contribution is 2.23. The average molecular weight is 289 g/mol. The summed E-state index contributed by atoms with van der Waals surface area (Å²) < 4.78 is 10.8. The van der Waals surface area contributed by atoms with Crippen molar-refractivity contribution in [3.8, 4) is 11.5 Å². The highest BCUT2D eigenvalue weighted by atomic mass is 32.2. The average Bonchev–Trinajstić information content (AvgIpc) is 3.15. The van der Waals surface area contributed by atoms with Crippen molar-refractivity contribution in [3.63, 3.8) is 0 Å². The van der Waals surface area contributed by atoms with E-state index in [2.05, 4.69) is 20.4 Å². The van der Waals surface area contributed by atoms with E-state index >= 15 is 0 Å². The summed E-state index contributed by atoms with van der Waals surface area (Å²) in [5.74, 6) is 1.87. The molecule has 8 heteroatoms. The largest absolute Gasteiger partial charge is 0.420 e. The first kappa shape index (κ1) is 12.8. The molecule has 102 valence electrons. The maximum atomic E-state index is 5.57. The number of aromatic nitrogens is 4. The second-order valence-corrected chi connectivity index (χ2v) is 4.75. The lowest BCUT2D eigenvalue weighted by Crippen LogP contribution is -1.95. The van der Waals surface area contributed by atoms with Crippen LogP contribution in [0.2, 0.25) is 0 Å². The van der Waals surface area contributed by atoms with Crippen molar-refractivity contribution in [2.45, 2.75) is 17.5 Å². The highest BCUT2D eigenvalue weighted by molar-refractivity contribution is 7.98. The molecule has 2 aromatic heterocycles. The Hall–Kier alpha value is -2.19. The van der Waals surface area contributed by atoms with Crippen molar-refractivity contribution < 1.29 is 8.83 Å². The van der Waals surface area contributed by atoms with Crippen LogP contribution >= 0.6 is 11.8 Å². The van der Waals surface area contributed by atoms with Crippen molar-refractivity contribution in [3.05, 3.63) is 42.1 Å². The van der Waals surface area contributed by atoms with E-state index in [1.54, 1.807) is 0 Å². The van der Waals surface area contributed by atoms with Crippen LogP contribution in [0.25, 0.3) is 11.5 Å². The van der Waals surface area contributed by atoms with Crippen molar-refractivity contribution in [1.29, 1.82) is 0 Å². The van der Waals surface area contributed by atoms with Gasteiger partial charge in [0.1, 0.15) is 0 Å². The third-order valence-corrected chi connectivity index (χ3v) is 3.23. The molecule has 20 heavy (non-hydrogen) atoms. The van der Waals surface area contributed by atoms with E-state index in [0.717, 1.165) is 5.56 Å². The number of thioether (sulfide) groups is 1. The molecule has 0 spiro atoms. The number of rotatable bonds is 5. The number of nitrogens with two attached hydrogens (primary N) is 1. The van der Waals surface area contributed by atoms with Gasteiger partial charge < -0.3 is 14.6 Å². The van der Waals surface area contributed by atoms with Gasteiger partial charge in [-0.15, -0.1) is 20.4 Å². The van der Waals surface area contributed by atoms with Crippen molar-refractivity contribution in [1.82, 2.24) is 20.4 Å². The molecule has 0 bridgehead atoms. The number of hydrogen-bond donors (Lipinski definition) is 1. The number of hydrogen-bond acceptors (Lipinski definition) is 8. The molecule has 0 saturated carbocycles. The highest BCUT2D eigenvalue weighted by Gasteiger charge is 2.11. The van der Waals surface area contributed by atoms with Crippen LogP contribution in [0.15, 0.2) is 44.4 Å². The molecule has 0 aliphatic heterocycles. The van der Waals surface area contributed by atoms with Crippen LogP contribution in [0, 0.1) is 0 Å². The molecule has 3 rings (SSSR count). The topological polar surface area (TPSA) is 104 Å². The van der Waals surface area contributed by atoms with E-state index in [-0.39, 0.29) is 6.54 Å². The molecule has 7 nitrogen and oxygen atoms in total.